The van der Waals surface area contributed by atoms with E-state index in [1.165, 1.54) is 0 Å². The normalized spacial score (nSPS) is 11.8. The molecule has 0 aromatic heterocycles. The molecule has 2 N–H and O–H groups in total. The maximum absolute atomic E-state index is 8.84. The van der Waals surface area contributed by atoms with E-state index in [-0.39, 0.29) is 25.1 Å². The van der Waals surface area contributed by atoms with Crippen molar-refractivity contribution >= 4 is 12.4 Å². The number of hydrogen-bond donors (Lipinski definition) is 2. The number of aryl methyl sites for hydroxylation is 2. The van der Waals surface area contributed by atoms with E-state index in [1.54, 1.807) is 0 Å². The Balaban J connectivity index is 0.00000256. The quantitative estimate of drug-likeness (QED) is 0.769. The summed E-state index contributed by atoms with van der Waals surface area (Å²) in [7, 11) is 0. The molecule has 4 heteroatoms. The molecular formula is C13H22ClNO2. The molecule has 0 spiro atoms. The van der Waals surface area contributed by atoms with Crippen molar-refractivity contribution in [2.24, 2.45) is 0 Å². The molecule has 1 atom stereocenters. The van der Waals surface area contributed by atoms with E-state index in [9.17, 15) is 0 Å². The summed E-state index contributed by atoms with van der Waals surface area (Å²) in [5, 5.41) is 12.0. The summed E-state index contributed by atoms with van der Waals surface area (Å²) in [4.78, 5) is 0. The molecule has 0 aliphatic heterocycles. The van der Waals surface area contributed by atoms with Crippen LogP contribution in [-0.4, -0.2) is 30.9 Å². The maximum Gasteiger partial charge on any atom is 0.125 e. The van der Waals surface area contributed by atoms with Crippen molar-refractivity contribution in [3.63, 3.8) is 0 Å². The second kappa shape index (κ2) is 8.34. The fraction of sp³-hybridized carbons (Fsp3) is 0.538. The van der Waals surface area contributed by atoms with Crippen LogP contribution in [0.1, 0.15) is 18.1 Å². The molecule has 0 heterocycles. The third-order valence-electron chi connectivity index (χ3n) is 2.52. The Morgan fingerprint density at radius 1 is 1.29 bits per heavy atom. The molecule has 0 aliphatic rings. The van der Waals surface area contributed by atoms with Crippen LogP contribution < -0.4 is 10.1 Å². The van der Waals surface area contributed by atoms with Crippen LogP contribution in [-0.2, 0) is 0 Å². The van der Waals surface area contributed by atoms with Crippen LogP contribution >= 0.6 is 12.4 Å². The van der Waals surface area contributed by atoms with Gasteiger partial charge < -0.3 is 15.2 Å². The number of halogens is 1. The molecule has 3 nitrogen and oxygen atoms in total. The Kier molecular flexibility index (Phi) is 7.96. The van der Waals surface area contributed by atoms with E-state index < -0.39 is 0 Å². The minimum atomic E-state index is 0. The molecule has 1 aromatic carbocycles. The molecule has 0 bridgehead atoms. The van der Waals surface area contributed by atoms with E-state index in [0.717, 1.165) is 23.4 Å². The van der Waals surface area contributed by atoms with Crippen LogP contribution in [0.3, 0.4) is 0 Å². The van der Waals surface area contributed by atoms with Crippen molar-refractivity contribution in [2.75, 3.05) is 19.8 Å². The highest BCUT2D eigenvalue weighted by atomic mass is 35.5. The van der Waals surface area contributed by atoms with Crippen molar-refractivity contribution in [1.29, 1.82) is 0 Å². The molecule has 0 saturated heterocycles. The molecule has 98 valence electrons. The molecule has 0 aliphatic carbocycles. The van der Waals surface area contributed by atoms with Gasteiger partial charge in [-0.15, -0.1) is 12.4 Å². The van der Waals surface area contributed by atoms with Crippen LogP contribution in [0.5, 0.6) is 5.75 Å². The fourth-order valence-electron chi connectivity index (χ4n) is 1.55. The zero-order valence-corrected chi connectivity index (χ0v) is 11.5. The largest absolute Gasteiger partial charge is 0.492 e. The van der Waals surface area contributed by atoms with Gasteiger partial charge >= 0.3 is 0 Å². The zero-order chi connectivity index (χ0) is 12.0. The summed E-state index contributed by atoms with van der Waals surface area (Å²) < 4.78 is 5.72. The Morgan fingerprint density at radius 2 is 1.88 bits per heavy atom. The van der Waals surface area contributed by atoms with Gasteiger partial charge in [0.1, 0.15) is 12.4 Å². The van der Waals surface area contributed by atoms with E-state index in [1.807, 2.05) is 39.0 Å². The lowest BCUT2D eigenvalue weighted by molar-refractivity contribution is 0.238. The second-order valence-electron chi connectivity index (χ2n) is 4.11. The Hall–Kier alpha value is -0.770. The number of aliphatic hydroxyl groups is 1. The average Bonchev–Trinajstić information content (AvgIpc) is 2.27. The van der Waals surface area contributed by atoms with Crippen molar-refractivity contribution < 1.29 is 9.84 Å². The van der Waals surface area contributed by atoms with Gasteiger partial charge in [0.2, 0.25) is 0 Å². The Labute approximate surface area is 110 Å². The number of nitrogens with one attached hydrogen (secondary N) is 1. The summed E-state index contributed by atoms with van der Waals surface area (Å²) in [6.07, 6.45) is 0. The predicted octanol–water partition coefficient (Wildman–Crippen LogP) is 2.07. The highest BCUT2D eigenvalue weighted by Gasteiger charge is 2.03. The van der Waals surface area contributed by atoms with E-state index >= 15 is 0 Å². The standard InChI is InChI=1S/C13H21NO2.ClH/c1-10-5-4-6-11(2)13(10)16-8-7-14-12(3)9-15;/h4-6,12,14-15H,7-9H2,1-3H3;1H/t12-;/m1./s1. The lowest BCUT2D eigenvalue weighted by Crippen LogP contribution is -2.32. The first kappa shape index (κ1) is 16.2. The summed E-state index contributed by atoms with van der Waals surface area (Å²) in [6.45, 7) is 7.56. The second-order valence-corrected chi connectivity index (χ2v) is 4.11. The number of rotatable bonds is 6. The monoisotopic (exact) mass is 259 g/mol. The van der Waals surface area contributed by atoms with Gasteiger partial charge in [-0.1, -0.05) is 18.2 Å². The van der Waals surface area contributed by atoms with E-state index in [2.05, 4.69) is 5.32 Å². The topological polar surface area (TPSA) is 41.5 Å². The number of aliphatic hydroxyl groups excluding tert-OH is 1. The van der Waals surface area contributed by atoms with Gasteiger partial charge in [0.25, 0.3) is 0 Å². The molecule has 0 saturated carbocycles. The molecule has 0 amide bonds. The van der Waals surface area contributed by atoms with Crippen LogP contribution in [0.15, 0.2) is 18.2 Å². The van der Waals surface area contributed by atoms with Crippen molar-refractivity contribution in [3.8, 4) is 5.75 Å². The molecule has 0 fully saturated rings. The third-order valence-corrected chi connectivity index (χ3v) is 2.52. The van der Waals surface area contributed by atoms with Crippen LogP contribution in [0.25, 0.3) is 0 Å². The van der Waals surface area contributed by atoms with Gasteiger partial charge in [-0.3, -0.25) is 0 Å². The first-order chi connectivity index (χ1) is 7.65. The number of benzene rings is 1. The van der Waals surface area contributed by atoms with Crippen molar-refractivity contribution in [1.82, 2.24) is 5.32 Å². The molecule has 17 heavy (non-hydrogen) atoms. The van der Waals surface area contributed by atoms with Gasteiger partial charge in [-0.25, -0.2) is 0 Å². The van der Waals surface area contributed by atoms with Crippen LogP contribution in [0, 0.1) is 13.8 Å². The Morgan fingerprint density at radius 3 is 2.41 bits per heavy atom. The van der Waals surface area contributed by atoms with Gasteiger partial charge in [-0.05, 0) is 31.9 Å². The number of para-hydroxylation sites is 1. The molecular weight excluding hydrogens is 238 g/mol. The smallest absolute Gasteiger partial charge is 0.125 e. The number of ether oxygens (including phenoxy) is 1. The highest BCUT2D eigenvalue weighted by Crippen LogP contribution is 2.21. The summed E-state index contributed by atoms with van der Waals surface area (Å²) in [6, 6.07) is 6.25. The molecule has 0 radical (unpaired) electrons. The maximum atomic E-state index is 8.84. The van der Waals surface area contributed by atoms with Crippen molar-refractivity contribution in [3.05, 3.63) is 29.3 Å². The first-order valence-corrected chi connectivity index (χ1v) is 5.68. The van der Waals surface area contributed by atoms with Gasteiger partial charge in [-0.2, -0.15) is 0 Å². The van der Waals surface area contributed by atoms with E-state index in [4.69, 9.17) is 9.84 Å². The summed E-state index contributed by atoms with van der Waals surface area (Å²) in [5.41, 5.74) is 2.32. The Bertz CT molecular complexity index is 311. The van der Waals surface area contributed by atoms with E-state index in [0.29, 0.717) is 6.61 Å². The third kappa shape index (κ3) is 5.39. The van der Waals surface area contributed by atoms with Crippen LogP contribution in [0.2, 0.25) is 0 Å². The highest BCUT2D eigenvalue weighted by molar-refractivity contribution is 5.85. The molecule has 1 aromatic rings. The van der Waals surface area contributed by atoms with Crippen molar-refractivity contribution in [2.45, 2.75) is 26.8 Å². The predicted molar refractivity (Wildman–Crippen MR) is 73.2 cm³/mol. The van der Waals surface area contributed by atoms with Gasteiger partial charge in [0, 0.05) is 12.6 Å². The fourth-order valence-corrected chi connectivity index (χ4v) is 1.55. The average molecular weight is 260 g/mol. The molecule has 1 rings (SSSR count). The minimum absolute atomic E-state index is 0. The SMILES string of the molecule is Cc1cccc(C)c1OCCN[C@H](C)CO.Cl. The van der Waals surface area contributed by atoms with Gasteiger partial charge in [0.05, 0.1) is 6.61 Å². The summed E-state index contributed by atoms with van der Waals surface area (Å²) in [5.74, 6) is 0.973. The lowest BCUT2D eigenvalue weighted by Gasteiger charge is -2.14. The molecule has 0 unspecified atom stereocenters. The lowest BCUT2D eigenvalue weighted by atomic mass is 10.1. The first-order valence-electron chi connectivity index (χ1n) is 5.68. The summed E-state index contributed by atoms with van der Waals surface area (Å²) >= 11 is 0. The number of hydrogen-bond acceptors (Lipinski definition) is 3. The van der Waals surface area contributed by atoms with Crippen LogP contribution in [0.4, 0.5) is 0 Å². The minimum Gasteiger partial charge on any atom is -0.492 e. The zero-order valence-electron chi connectivity index (χ0n) is 10.7. The van der Waals surface area contributed by atoms with Gasteiger partial charge in [0.15, 0.2) is 0 Å².